The number of rotatable bonds is 13. The topological polar surface area (TPSA) is 114 Å². The molecule has 40 heavy (non-hydrogen) atoms. The molecule has 9 nitrogen and oxygen atoms in total. The van der Waals surface area contributed by atoms with E-state index >= 15 is 0 Å². The third-order valence-corrected chi connectivity index (χ3v) is 6.93. The molecule has 1 heterocycles. The molecule has 0 saturated carbocycles. The number of benzene rings is 2. The number of carbonyl (C=O) groups excluding carboxylic acids is 3. The molecule has 3 atom stereocenters. The fourth-order valence-electron chi connectivity index (χ4n) is 4.70. The number of ether oxygens (including phenoxy) is 3. The van der Waals surface area contributed by atoms with Gasteiger partial charge in [0.1, 0.15) is 17.8 Å². The number of likely N-dealkylation sites (tertiary alicyclic amines) is 1. The van der Waals surface area contributed by atoms with Gasteiger partial charge in [-0.3, -0.25) is 9.59 Å². The van der Waals surface area contributed by atoms with E-state index in [1.165, 1.54) is 18.1 Å². The number of hydrogen-bond acceptors (Lipinski definition) is 7. The van der Waals surface area contributed by atoms with Crippen LogP contribution in [-0.4, -0.2) is 72.8 Å². The highest BCUT2D eigenvalue weighted by Crippen LogP contribution is 2.28. The van der Waals surface area contributed by atoms with Gasteiger partial charge >= 0.3 is 5.97 Å². The lowest BCUT2D eigenvalue weighted by atomic mass is 9.85. The zero-order valence-electron chi connectivity index (χ0n) is 23.9. The Labute approximate surface area is 236 Å². The maximum Gasteiger partial charge on any atom is 0.328 e. The molecule has 1 aliphatic heterocycles. The third-order valence-electron chi connectivity index (χ3n) is 6.93. The predicted molar refractivity (Wildman–Crippen MR) is 150 cm³/mol. The van der Waals surface area contributed by atoms with Crippen LogP contribution in [0.5, 0.6) is 5.75 Å². The van der Waals surface area contributed by atoms with E-state index in [0.717, 1.165) is 18.4 Å². The fourth-order valence-corrected chi connectivity index (χ4v) is 4.70. The van der Waals surface area contributed by atoms with Gasteiger partial charge in [-0.15, -0.1) is 0 Å². The summed E-state index contributed by atoms with van der Waals surface area (Å²) in [5.41, 5.74) is 0.962. The largest absolute Gasteiger partial charge is 0.508 e. The Bertz CT molecular complexity index is 1120. The number of carbonyl (C=O) groups is 3. The van der Waals surface area contributed by atoms with E-state index in [4.69, 9.17) is 14.2 Å². The van der Waals surface area contributed by atoms with E-state index in [1.54, 1.807) is 18.2 Å². The van der Waals surface area contributed by atoms with Gasteiger partial charge in [0.2, 0.25) is 11.8 Å². The molecule has 0 radical (unpaired) electrons. The number of unbranched alkanes of at least 4 members (excludes halogenated alkanes) is 1. The fraction of sp³-hybridized carbons (Fsp3) is 0.516. The van der Waals surface area contributed by atoms with Gasteiger partial charge in [0.05, 0.1) is 26.2 Å². The molecule has 3 rings (SSSR count). The minimum Gasteiger partial charge on any atom is -0.508 e. The van der Waals surface area contributed by atoms with Gasteiger partial charge < -0.3 is 29.5 Å². The minimum absolute atomic E-state index is 0.0179. The van der Waals surface area contributed by atoms with Crippen LogP contribution in [0.2, 0.25) is 0 Å². The second-order valence-corrected chi connectivity index (χ2v) is 11.2. The first kappa shape index (κ1) is 31.1. The molecule has 1 saturated heterocycles. The molecule has 0 bridgehead atoms. The normalized spacial score (nSPS) is 17.9. The van der Waals surface area contributed by atoms with Crippen LogP contribution in [-0.2, 0) is 41.6 Å². The molecule has 1 aliphatic rings. The Morgan fingerprint density at radius 1 is 1.02 bits per heavy atom. The van der Waals surface area contributed by atoms with Crippen molar-refractivity contribution in [2.24, 2.45) is 5.41 Å². The molecular weight excluding hydrogens is 512 g/mol. The molecule has 0 aromatic heterocycles. The Kier molecular flexibility index (Phi) is 11.5. The van der Waals surface area contributed by atoms with Gasteiger partial charge in [-0.1, -0.05) is 69.3 Å². The van der Waals surface area contributed by atoms with Crippen LogP contribution in [0.15, 0.2) is 54.6 Å². The highest BCUT2D eigenvalue weighted by molar-refractivity contribution is 5.92. The summed E-state index contributed by atoms with van der Waals surface area (Å²) in [6.07, 6.45) is 1.54. The number of phenols is 1. The maximum absolute atomic E-state index is 13.8. The lowest BCUT2D eigenvalue weighted by Crippen LogP contribution is -2.57. The molecule has 2 aromatic rings. The number of hydrogen-bond donors (Lipinski definition) is 2. The zero-order valence-corrected chi connectivity index (χ0v) is 23.9. The van der Waals surface area contributed by atoms with E-state index in [-0.39, 0.29) is 30.7 Å². The highest BCUT2D eigenvalue weighted by Gasteiger charge is 2.45. The van der Waals surface area contributed by atoms with Crippen LogP contribution >= 0.6 is 0 Å². The highest BCUT2D eigenvalue weighted by atomic mass is 16.5. The summed E-state index contributed by atoms with van der Waals surface area (Å²) in [6, 6.07) is 14.9. The first-order valence-corrected chi connectivity index (χ1v) is 13.8. The summed E-state index contributed by atoms with van der Waals surface area (Å²) in [6.45, 7) is 7.46. The summed E-state index contributed by atoms with van der Waals surface area (Å²) < 4.78 is 16.7. The van der Waals surface area contributed by atoms with Crippen LogP contribution < -0.4 is 5.32 Å². The van der Waals surface area contributed by atoms with Crippen LogP contribution in [0.4, 0.5) is 0 Å². The summed E-state index contributed by atoms with van der Waals surface area (Å²) in [4.78, 5) is 40.7. The molecule has 2 N–H and O–H groups in total. The van der Waals surface area contributed by atoms with E-state index < -0.39 is 29.4 Å². The summed E-state index contributed by atoms with van der Waals surface area (Å²) in [5, 5.41) is 12.9. The smallest absolute Gasteiger partial charge is 0.328 e. The number of nitrogens with zero attached hydrogens (tertiary/aromatic N) is 1. The first-order valence-electron chi connectivity index (χ1n) is 13.8. The lowest BCUT2D eigenvalue weighted by molar-refractivity contribution is -0.153. The molecule has 1 fully saturated rings. The van der Waals surface area contributed by atoms with Crippen molar-refractivity contribution in [2.75, 3.05) is 26.9 Å². The van der Waals surface area contributed by atoms with Gasteiger partial charge in [0.15, 0.2) is 0 Å². The number of phenolic OH excluding ortho intramolecular Hbond substituents is 1. The Balaban J connectivity index is 1.54. The van der Waals surface area contributed by atoms with Gasteiger partial charge in [-0.2, -0.15) is 0 Å². The molecule has 9 heteroatoms. The summed E-state index contributed by atoms with van der Waals surface area (Å²) in [5.74, 6) is -1.26. The Morgan fingerprint density at radius 2 is 1.70 bits per heavy atom. The second kappa shape index (κ2) is 14.8. The van der Waals surface area contributed by atoms with Crippen molar-refractivity contribution in [3.8, 4) is 5.75 Å². The van der Waals surface area contributed by atoms with Gasteiger partial charge in [0, 0.05) is 31.7 Å². The van der Waals surface area contributed by atoms with Crippen molar-refractivity contribution < 1.29 is 33.7 Å². The van der Waals surface area contributed by atoms with Crippen molar-refractivity contribution in [3.63, 3.8) is 0 Å². The van der Waals surface area contributed by atoms with Crippen LogP contribution in [0.1, 0.15) is 51.2 Å². The number of nitrogens with one attached hydrogen (secondary N) is 1. The Morgan fingerprint density at radius 3 is 2.38 bits per heavy atom. The van der Waals surface area contributed by atoms with E-state index in [2.05, 4.69) is 5.32 Å². The maximum atomic E-state index is 13.8. The first-order chi connectivity index (χ1) is 19.1. The zero-order chi connectivity index (χ0) is 29.1. The number of methoxy groups -OCH3 is 1. The number of aromatic hydroxyl groups is 1. The predicted octanol–water partition coefficient (Wildman–Crippen LogP) is 3.62. The minimum atomic E-state index is -0.890. The third kappa shape index (κ3) is 9.06. The van der Waals surface area contributed by atoms with Crippen molar-refractivity contribution in [3.05, 3.63) is 65.7 Å². The number of esters is 1. The monoisotopic (exact) mass is 554 g/mol. The lowest BCUT2D eigenvalue weighted by Gasteiger charge is -2.35. The van der Waals surface area contributed by atoms with Crippen molar-refractivity contribution in [1.82, 2.24) is 10.2 Å². The molecule has 3 unspecified atom stereocenters. The summed E-state index contributed by atoms with van der Waals surface area (Å²) >= 11 is 0. The van der Waals surface area contributed by atoms with Crippen molar-refractivity contribution >= 4 is 17.8 Å². The average molecular weight is 555 g/mol. The summed E-state index contributed by atoms with van der Waals surface area (Å²) in [7, 11) is 1.30. The quantitative estimate of drug-likeness (QED) is 0.287. The van der Waals surface area contributed by atoms with Crippen molar-refractivity contribution in [1.29, 1.82) is 0 Å². The second-order valence-electron chi connectivity index (χ2n) is 11.2. The van der Waals surface area contributed by atoms with Gasteiger partial charge in [-0.05, 0) is 29.9 Å². The molecule has 2 aromatic carbocycles. The molecule has 218 valence electrons. The Hall–Kier alpha value is -3.43. The van der Waals surface area contributed by atoms with Crippen molar-refractivity contribution in [2.45, 2.75) is 71.2 Å². The van der Waals surface area contributed by atoms with Gasteiger partial charge in [0.25, 0.3) is 0 Å². The standard InChI is InChI=1S/C31H42N2O7/c1-31(2,3)28(32-27(35)18-23-14-8-9-15-26(23)34)29(36)33-20-24(19-25(33)30(37)38-4)40-17-11-10-16-39-21-22-12-6-5-7-13-22/h5-9,12-15,24-25,28,34H,10-11,16-21H2,1-4H3,(H,32,35). The van der Waals surface area contributed by atoms with Crippen LogP contribution in [0.3, 0.4) is 0 Å². The molecular formula is C31H42N2O7. The van der Waals surface area contributed by atoms with E-state index in [1.807, 2.05) is 51.1 Å². The average Bonchev–Trinajstić information content (AvgIpc) is 3.36. The van der Waals surface area contributed by atoms with Crippen LogP contribution in [0, 0.1) is 5.41 Å². The van der Waals surface area contributed by atoms with E-state index in [9.17, 15) is 19.5 Å². The number of para-hydroxylation sites is 1. The van der Waals surface area contributed by atoms with Crippen LogP contribution in [0.25, 0.3) is 0 Å². The molecule has 2 amide bonds. The SMILES string of the molecule is COC(=O)C1CC(OCCCCOCc2ccccc2)CN1C(=O)C(NC(=O)Cc1ccccc1O)C(C)(C)C. The molecule has 0 spiro atoms. The van der Waals surface area contributed by atoms with Gasteiger partial charge in [-0.25, -0.2) is 4.79 Å². The molecule has 0 aliphatic carbocycles. The number of amides is 2. The van der Waals surface area contributed by atoms with E-state index in [0.29, 0.717) is 31.8 Å².